The maximum Gasteiger partial charge on any atom is 0.417 e. The van der Waals surface area contributed by atoms with Crippen molar-refractivity contribution in [1.82, 2.24) is 14.5 Å². The van der Waals surface area contributed by atoms with E-state index in [1.807, 2.05) is 17.7 Å². The molecule has 0 amide bonds. The monoisotopic (exact) mass is 417 g/mol. The van der Waals surface area contributed by atoms with Crippen molar-refractivity contribution in [2.45, 2.75) is 50.9 Å². The van der Waals surface area contributed by atoms with E-state index in [0.29, 0.717) is 11.5 Å². The SMILES string of the molecule is Cc1c(CN2CCCC23CCN(c2ccc(C(F)(F)F)cn2)CC3)cc(C#N)n1C. The molecule has 160 valence electrons. The van der Waals surface area contributed by atoms with Gasteiger partial charge in [0.2, 0.25) is 0 Å². The van der Waals surface area contributed by atoms with Gasteiger partial charge in [0, 0.05) is 44.1 Å². The molecule has 0 aliphatic carbocycles. The number of anilines is 1. The van der Waals surface area contributed by atoms with Crippen molar-refractivity contribution in [2.75, 3.05) is 24.5 Å². The van der Waals surface area contributed by atoms with Gasteiger partial charge in [-0.2, -0.15) is 18.4 Å². The topological polar surface area (TPSA) is 48.1 Å². The number of piperidine rings is 1. The van der Waals surface area contributed by atoms with Gasteiger partial charge >= 0.3 is 6.18 Å². The summed E-state index contributed by atoms with van der Waals surface area (Å²) in [5, 5.41) is 9.30. The lowest BCUT2D eigenvalue weighted by atomic mass is 9.84. The Bertz CT molecular complexity index is 947. The second-order valence-electron chi connectivity index (χ2n) is 8.45. The maximum atomic E-state index is 12.8. The fourth-order valence-electron chi connectivity index (χ4n) is 4.94. The molecule has 0 aromatic carbocycles. The Labute approximate surface area is 174 Å². The number of pyridine rings is 1. The summed E-state index contributed by atoms with van der Waals surface area (Å²) in [5.74, 6) is 0.611. The summed E-state index contributed by atoms with van der Waals surface area (Å²) in [6.45, 7) is 5.49. The third-order valence-corrected chi connectivity index (χ3v) is 6.95. The molecule has 4 rings (SSSR count). The highest BCUT2D eigenvalue weighted by Gasteiger charge is 2.43. The van der Waals surface area contributed by atoms with Crippen LogP contribution in [0, 0.1) is 18.3 Å². The molecule has 0 bridgehead atoms. The lowest BCUT2D eigenvalue weighted by molar-refractivity contribution is -0.137. The van der Waals surface area contributed by atoms with Crippen LogP contribution in [-0.4, -0.2) is 39.6 Å². The summed E-state index contributed by atoms with van der Waals surface area (Å²) in [5.41, 5.74) is 2.41. The summed E-state index contributed by atoms with van der Waals surface area (Å²) >= 11 is 0. The van der Waals surface area contributed by atoms with Gasteiger partial charge in [0.05, 0.1) is 5.56 Å². The summed E-state index contributed by atoms with van der Waals surface area (Å²) in [4.78, 5) is 8.70. The van der Waals surface area contributed by atoms with E-state index >= 15 is 0 Å². The average molecular weight is 417 g/mol. The number of nitriles is 1. The Morgan fingerprint density at radius 2 is 1.90 bits per heavy atom. The Kier molecular flexibility index (Phi) is 5.27. The number of halogens is 3. The number of likely N-dealkylation sites (tertiary alicyclic amines) is 1. The van der Waals surface area contributed by atoms with Crippen molar-refractivity contribution in [3.63, 3.8) is 0 Å². The molecule has 2 aliphatic heterocycles. The molecular weight excluding hydrogens is 391 g/mol. The van der Waals surface area contributed by atoms with E-state index in [0.717, 1.165) is 69.8 Å². The van der Waals surface area contributed by atoms with Gasteiger partial charge in [-0.3, -0.25) is 4.90 Å². The molecule has 0 saturated carbocycles. The van der Waals surface area contributed by atoms with Gasteiger partial charge in [0.25, 0.3) is 0 Å². The number of aromatic nitrogens is 2. The zero-order valence-electron chi connectivity index (χ0n) is 17.3. The van der Waals surface area contributed by atoms with Crippen molar-refractivity contribution < 1.29 is 13.2 Å². The molecule has 2 fully saturated rings. The van der Waals surface area contributed by atoms with Crippen molar-refractivity contribution in [3.8, 4) is 6.07 Å². The molecule has 2 aromatic rings. The first kappa shape index (κ1) is 20.7. The van der Waals surface area contributed by atoms with E-state index in [9.17, 15) is 18.4 Å². The third-order valence-electron chi connectivity index (χ3n) is 6.95. The Morgan fingerprint density at radius 3 is 2.47 bits per heavy atom. The highest BCUT2D eigenvalue weighted by molar-refractivity contribution is 5.41. The van der Waals surface area contributed by atoms with E-state index in [2.05, 4.69) is 27.8 Å². The number of alkyl halides is 3. The van der Waals surface area contributed by atoms with Gasteiger partial charge in [0.15, 0.2) is 0 Å². The molecule has 8 heteroatoms. The normalized spacial score (nSPS) is 19.4. The lowest BCUT2D eigenvalue weighted by Crippen LogP contribution is -2.52. The fraction of sp³-hybridized carbons (Fsp3) is 0.545. The van der Waals surface area contributed by atoms with Crippen LogP contribution in [0.1, 0.15) is 48.2 Å². The highest BCUT2D eigenvalue weighted by atomic mass is 19.4. The molecule has 2 aromatic heterocycles. The smallest absolute Gasteiger partial charge is 0.356 e. The minimum Gasteiger partial charge on any atom is -0.356 e. The summed E-state index contributed by atoms with van der Waals surface area (Å²) < 4.78 is 40.3. The van der Waals surface area contributed by atoms with E-state index in [4.69, 9.17) is 0 Å². The van der Waals surface area contributed by atoms with Crippen LogP contribution in [0.2, 0.25) is 0 Å². The molecule has 4 heterocycles. The largest absolute Gasteiger partial charge is 0.417 e. The van der Waals surface area contributed by atoms with Crippen molar-refractivity contribution >= 4 is 5.82 Å². The van der Waals surface area contributed by atoms with Crippen LogP contribution in [0.3, 0.4) is 0 Å². The quantitative estimate of drug-likeness (QED) is 0.749. The Hall–Kier alpha value is -2.53. The van der Waals surface area contributed by atoms with Crippen molar-refractivity contribution in [1.29, 1.82) is 5.26 Å². The van der Waals surface area contributed by atoms with Crippen LogP contribution >= 0.6 is 0 Å². The van der Waals surface area contributed by atoms with Gasteiger partial charge in [-0.1, -0.05) is 0 Å². The van der Waals surface area contributed by atoms with E-state index in [1.54, 1.807) is 0 Å². The lowest BCUT2D eigenvalue weighted by Gasteiger charge is -2.45. The number of hydrogen-bond donors (Lipinski definition) is 0. The van der Waals surface area contributed by atoms with Crippen LogP contribution in [-0.2, 0) is 19.8 Å². The predicted octanol–water partition coefficient (Wildman–Crippen LogP) is 4.25. The van der Waals surface area contributed by atoms with E-state index < -0.39 is 11.7 Å². The predicted molar refractivity (Wildman–Crippen MR) is 108 cm³/mol. The molecule has 1 spiro atoms. The molecule has 0 atom stereocenters. The molecular formula is C22H26F3N5. The number of nitrogens with zero attached hydrogens (tertiary/aromatic N) is 5. The maximum absolute atomic E-state index is 12.8. The third kappa shape index (κ3) is 3.67. The first-order valence-electron chi connectivity index (χ1n) is 10.3. The zero-order valence-corrected chi connectivity index (χ0v) is 17.3. The van der Waals surface area contributed by atoms with Gasteiger partial charge in [-0.15, -0.1) is 0 Å². The van der Waals surface area contributed by atoms with E-state index in [-0.39, 0.29) is 5.54 Å². The summed E-state index contributed by atoms with van der Waals surface area (Å²) in [7, 11) is 1.92. The van der Waals surface area contributed by atoms with Gasteiger partial charge in [-0.05, 0) is 62.9 Å². The van der Waals surface area contributed by atoms with Crippen LogP contribution in [0.4, 0.5) is 19.0 Å². The number of rotatable bonds is 3. The fourth-order valence-corrected chi connectivity index (χ4v) is 4.94. The first-order chi connectivity index (χ1) is 14.2. The highest BCUT2D eigenvalue weighted by Crippen LogP contribution is 2.40. The van der Waals surface area contributed by atoms with Crippen LogP contribution < -0.4 is 4.90 Å². The summed E-state index contributed by atoms with van der Waals surface area (Å²) in [6.07, 6.45) is 0.780. The second kappa shape index (κ2) is 7.62. The van der Waals surface area contributed by atoms with Crippen LogP contribution in [0.5, 0.6) is 0 Å². The molecule has 2 saturated heterocycles. The molecule has 5 nitrogen and oxygen atoms in total. The standard InChI is InChI=1S/C22H26F3N5/c1-16-17(12-19(13-26)28(16)2)15-30-9-3-6-21(30)7-10-29(11-8-21)20-5-4-18(14-27-20)22(23,24)25/h4-5,12,14H,3,6-11,15H2,1-2H3. The van der Waals surface area contributed by atoms with Crippen molar-refractivity contribution in [2.24, 2.45) is 7.05 Å². The van der Waals surface area contributed by atoms with Crippen LogP contribution in [0.15, 0.2) is 24.4 Å². The molecule has 30 heavy (non-hydrogen) atoms. The van der Waals surface area contributed by atoms with Gasteiger partial charge in [-0.25, -0.2) is 4.98 Å². The zero-order chi connectivity index (χ0) is 21.5. The van der Waals surface area contributed by atoms with Crippen molar-refractivity contribution in [3.05, 3.63) is 46.9 Å². The minimum absolute atomic E-state index is 0.123. The number of hydrogen-bond acceptors (Lipinski definition) is 4. The molecule has 0 radical (unpaired) electrons. The Morgan fingerprint density at radius 1 is 1.17 bits per heavy atom. The van der Waals surface area contributed by atoms with Gasteiger partial charge < -0.3 is 9.47 Å². The molecule has 2 aliphatic rings. The summed E-state index contributed by atoms with van der Waals surface area (Å²) in [6, 6.07) is 6.83. The van der Waals surface area contributed by atoms with Crippen LogP contribution in [0.25, 0.3) is 0 Å². The Balaban J connectivity index is 1.45. The first-order valence-corrected chi connectivity index (χ1v) is 10.3. The minimum atomic E-state index is -4.36. The molecule has 0 unspecified atom stereocenters. The average Bonchev–Trinajstić information content (AvgIpc) is 3.23. The second-order valence-corrected chi connectivity index (χ2v) is 8.45. The molecule has 0 N–H and O–H groups in total. The van der Waals surface area contributed by atoms with E-state index in [1.165, 1.54) is 11.6 Å². The van der Waals surface area contributed by atoms with Gasteiger partial charge in [0.1, 0.15) is 17.6 Å².